The van der Waals surface area contributed by atoms with Gasteiger partial charge in [-0.2, -0.15) is 0 Å². The lowest BCUT2D eigenvalue weighted by Crippen LogP contribution is -2.71. The standard InChI is InChI=1S/C74H133N3O32/c1-6-8-10-12-14-16-18-20-22-24-26-28-30-32-44(85)43(77-50(86)33-31-29-27-25-23-21-19-17-15-13-11-9-7-2)39-98-71-62(96)60(94)65(49(38-82)104-71)105-73-63(97)66(55(89)46(35-79)101-73)107-70-52(76-42(5)84)58(92)64(48(37-81)103-70)106-74-68(109-72-61(95)59(93)53(87)40(3)99-72)67(56(90)47(36-80)102-74)108-69-51(75-41(4)83)57(91)54(88)45(34-78)100-69/h30,32,40,43-49,51-74,78-82,85,87-97H,6-29,31,33-39H2,1-5H3,(H,75,83)(H,76,84)(H,77,86)/b32-30+/t40?,43-,44+,45?,46?,47?,48?,49?,51?,52?,53+,54-,55-,56-,57+,58+,59?,60+,61-,62?,63?,64+,65+,66-,67-,68?,69+,70-,71+,72+,73-,74-/m0/s1. The quantitative estimate of drug-likeness (QED) is 0.0227. The number of unbranched alkanes of at least 4 members (excludes halogenated alkanes) is 23. The molecule has 12 unspecified atom stereocenters. The van der Waals surface area contributed by atoms with Crippen molar-refractivity contribution >= 4 is 17.7 Å². The van der Waals surface area contributed by atoms with Crippen LogP contribution in [-0.2, 0) is 71.2 Å². The zero-order chi connectivity index (χ0) is 79.9. The fourth-order valence-electron chi connectivity index (χ4n) is 14.7. The van der Waals surface area contributed by atoms with E-state index in [0.29, 0.717) is 12.8 Å². The first-order valence-electron chi connectivity index (χ1n) is 39.8. The van der Waals surface area contributed by atoms with Crippen LogP contribution in [0.2, 0.25) is 0 Å². The van der Waals surface area contributed by atoms with Gasteiger partial charge in [0.25, 0.3) is 0 Å². The molecule has 6 saturated heterocycles. The minimum absolute atomic E-state index is 0.173. The van der Waals surface area contributed by atoms with E-state index in [9.17, 15) is 101 Å². The molecule has 0 radical (unpaired) electrons. The first-order valence-corrected chi connectivity index (χ1v) is 39.8. The molecular formula is C74H133N3O32. The predicted octanol–water partition coefficient (Wildman–Crippen LogP) is -2.18. The summed E-state index contributed by atoms with van der Waals surface area (Å²) in [4.78, 5) is 39.1. The molecule has 0 aromatic carbocycles. The van der Waals surface area contributed by atoms with Crippen molar-refractivity contribution < 1.29 is 158 Å². The topological polar surface area (TPSA) is 542 Å². The number of aliphatic hydroxyl groups is 17. The zero-order valence-corrected chi connectivity index (χ0v) is 64.0. The van der Waals surface area contributed by atoms with Gasteiger partial charge in [-0.3, -0.25) is 14.4 Å². The summed E-state index contributed by atoms with van der Waals surface area (Å²) in [6.45, 7) is 2.26. The van der Waals surface area contributed by atoms with Crippen LogP contribution >= 0.6 is 0 Å². The lowest BCUT2D eigenvalue weighted by atomic mass is 9.93. The van der Waals surface area contributed by atoms with Gasteiger partial charge in [-0.15, -0.1) is 0 Å². The Bertz CT molecular complexity index is 2540. The maximum absolute atomic E-state index is 13.5. The summed E-state index contributed by atoms with van der Waals surface area (Å²) in [7, 11) is 0. The number of hydrogen-bond acceptors (Lipinski definition) is 32. The molecule has 35 heteroatoms. The highest BCUT2D eigenvalue weighted by molar-refractivity contribution is 5.76. The molecule has 0 spiro atoms. The van der Waals surface area contributed by atoms with E-state index < -0.39 is 248 Å². The van der Waals surface area contributed by atoms with Crippen LogP contribution in [0.3, 0.4) is 0 Å². The van der Waals surface area contributed by atoms with Crippen LogP contribution in [0.1, 0.15) is 202 Å². The van der Waals surface area contributed by atoms with E-state index >= 15 is 0 Å². The van der Waals surface area contributed by atoms with E-state index in [1.165, 1.54) is 103 Å². The third kappa shape index (κ3) is 28.4. The van der Waals surface area contributed by atoms with E-state index in [2.05, 4.69) is 29.8 Å². The zero-order valence-electron chi connectivity index (χ0n) is 64.0. The van der Waals surface area contributed by atoms with E-state index in [4.69, 9.17) is 56.8 Å². The average molecular weight is 1580 g/mol. The van der Waals surface area contributed by atoms with Crippen LogP contribution in [0.4, 0.5) is 0 Å². The number of hydrogen-bond donors (Lipinski definition) is 20. The minimum atomic E-state index is -2.22. The van der Waals surface area contributed by atoms with Gasteiger partial charge in [0, 0.05) is 20.3 Å². The Hall–Kier alpha value is -3.01. The molecule has 35 nitrogen and oxygen atoms in total. The van der Waals surface area contributed by atoms with E-state index in [0.717, 1.165) is 65.2 Å². The Balaban J connectivity index is 1.15. The molecule has 0 aromatic heterocycles. The first-order chi connectivity index (χ1) is 52.3. The van der Waals surface area contributed by atoms with Crippen LogP contribution < -0.4 is 16.0 Å². The molecule has 109 heavy (non-hydrogen) atoms. The molecule has 3 amide bonds. The molecule has 0 aliphatic carbocycles. The second-order valence-corrected chi connectivity index (χ2v) is 29.9. The van der Waals surface area contributed by atoms with Gasteiger partial charge in [0.1, 0.15) is 140 Å². The highest BCUT2D eigenvalue weighted by Crippen LogP contribution is 2.39. The summed E-state index contributed by atoms with van der Waals surface area (Å²) in [5.41, 5.74) is 0. The smallest absolute Gasteiger partial charge is 0.220 e. The summed E-state index contributed by atoms with van der Waals surface area (Å²) in [6.07, 6.45) is -23.1. The molecular weight excluding hydrogens is 1440 g/mol. The van der Waals surface area contributed by atoms with Crippen molar-refractivity contribution in [2.24, 2.45) is 0 Å². The predicted molar refractivity (Wildman–Crippen MR) is 383 cm³/mol. The number of aliphatic hydroxyl groups excluding tert-OH is 17. The van der Waals surface area contributed by atoms with Crippen LogP contribution in [0.5, 0.6) is 0 Å². The van der Waals surface area contributed by atoms with Crippen molar-refractivity contribution in [3.8, 4) is 0 Å². The summed E-state index contributed by atoms with van der Waals surface area (Å²) < 4.78 is 72.3. The van der Waals surface area contributed by atoms with Crippen molar-refractivity contribution in [3.05, 3.63) is 12.2 Å². The second kappa shape index (κ2) is 49.8. The van der Waals surface area contributed by atoms with E-state index in [1.807, 2.05) is 6.08 Å². The number of allylic oxidation sites excluding steroid dienone is 1. The van der Waals surface area contributed by atoms with Crippen molar-refractivity contribution in [1.29, 1.82) is 0 Å². The van der Waals surface area contributed by atoms with Gasteiger partial charge < -0.3 is 160 Å². The fourth-order valence-corrected chi connectivity index (χ4v) is 14.7. The van der Waals surface area contributed by atoms with Gasteiger partial charge in [-0.25, -0.2) is 0 Å². The molecule has 6 rings (SSSR count). The molecule has 20 N–H and O–H groups in total. The summed E-state index contributed by atoms with van der Waals surface area (Å²) >= 11 is 0. The Morgan fingerprint density at radius 3 is 1.28 bits per heavy atom. The first kappa shape index (κ1) is 94.8. The van der Waals surface area contributed by atoms with Gasteiger partial charge in [0.15, 0.2) is 37.7 Å². The lowest BCUT2D eigenvalue weighted by Gasteiger charge is -2.51. The maximum atomic E-state index is 13.5. The second-order valence-electron chi connectivity index (χ2n) is 29.9. The summed E-state index contributed by atoms with van der Waals surface area (Å²) in [6, 6.07) is -4.63. The lowest BCUT2D eigenvalue weighted by molar-refractivity contribution is -0.402. The van der Waals surface area contributed by atoms with E-state index in [-0.39, 0.29) is 12.3 Å². The fraction of sp³-hybridized carbons (Fsp3) is 0.932. The monoisotopic (exact) mass is 1580 g/mol. The highest BCUT2D eigenvalue weighted by atomic mass is 16.8. The minimum Gasteiger partial charge on any atom is -0.394 e. The van der Waals surface area contributed by atoms with Crippen molar-refractivity contribution in [2.45, 2.75) is 398 Å². The van der Waals surface area contributed by atoms with Crippen molar-refractivity contribution in [3.63, 3.8) is 0 Å². The summed E-state index contributed by atoms with van der Waals surface area (Å²) in [5.74, 6) is -2.02. The van der Waals surface area contributed by atoms with E-state index in [1.54, 1.807) is 6.08 Å². The van der Waals surface area contributed by atoms with Gasteiger partial charge in [0.05, 0.1) is 57.9 Å². The Morgan fingerprint density at radius 1 is 0.376 bits per heavy atom. The molecule has 32 atom stereocenters. The number of carbonyl (C=O) groups is 3. The number of carbonyl (C=O) groups excluding carboxylic acids is 3. The molecule has 0 saturated carbocycles. The Labute approximate surface area is 639 Å². The van der Waals surface area contributed by atoms with Crippen molar-refractivity contribution in [1.82, 2.24) is 16.0 Å². The van der Waals surface area contributed by atoms with Gasteiger partial charge in [-0.1, -0.05) is 167 Å². The molecule has 6 aliphatic rings. The van der Waals surface area contributed by atoms with Crippen LogP contribution in [0.15, 0.2) is 12.2 Å². The van der Waals surface area contributed by atoms with Gasteiger partial charge in [-0.05, 0) is 26.2 Å². The number of nitrogens with one attached hydrogen (secondary N) is 3. The average Bonchev–Trinajstić information content (AvgIpc) is 0.765. The van der Waals surface area contributed by atoms with Crippen LogP contribution in [-0.4, -0.2) is 340 Å². The van der Waals surface area contributed by atoms with Crippen LogP contribution in [0.25, 0.3) is 0 Å². The molecule has 6 heterocycles. The highest BCUT2D eigenvalue weighted by Gasteiger charge is 2.59. The number of rotatable bonds is 49. The third-order valence-corrected chi connectivity index (χ3v) is 21.2. The van der Waals surface area contributed by atoms with Gasteiger partial charge >= 0.3 is 0 Å². The number of amides is 3. The SMILES string of the molecule is CCCCCCCCCCCCC/C=C/[C@@H](O)[C@H](CO[C@@H]1OC(CO)[C@@H](O[C@@H]2OC(CO)[C@H](O)[C@H](O[C@@H]3OC(CO)[C@@H](O[C@@H]4OC(CO)[C@H](O)[C@H](O[C@H]5OC(CO)[C@H](O)[C@H](O)C5NC(C)=O)C4O[C@H]4OC(C)[C@@H](O)C(O)[C@@H]4O)[C@H](O)C3NC(C)=O)C2O)[C@H](O)C1O)NC(=O)CCCCCCCCCCCCCCC. The molecule has 636 valence electrons. The van der Waals surface area contributed by atoms with Crippen molar-refractivity contribution in [2.75, 3.05) is 39.6 Å². The number of ether oxygens (including phenoxy) is 12. The molecule has 0 bridgehead atoms. The molecule has 6 aliphatic heterocycles. The van der Waals surface area contributed by atoms with Crippen LogP contribution in [0, 0.1) is 0 Å². The summed E-state index contributed by atoms with van der Waals surface area (Å²) in [5, 5.41) is 198. The molecule has 0 aromatic rings. The Morgan fingerprint density at radius 2 is 0.761 bits per heavy atom. The Kier molecular flexibility index (Phi) is 43.3. The largest absolute Gasteiger partial charge is 0.394 e. The molecule has 6 fully saturated rings. The third-order valence-electron chi connectivity index (χ3n) is 21.2. The normalized spacial score (nSPS) is 37.9. The van der Waals surface area contributed by atoms with Gasteiger partial charge in [0.2, 0.25) is 17.7 Å². The maximum Gasteiger partial charge on any atom is 0.220 e.